The molecular formula is C19H26FN. The molecule has 1 aromatic carbocycles. The maximum absolute atomic E-state index is 13.7. The van der Waals surface area contributed by atoms with Crippen LogP contribution in [0.3, 0.4) is 0 Å². The Morgan fingerprint density at radius 3 is 2.90 bits per heavy atom. The van der Waals surface area contributed by atoms with E-state index in [9.17, 15) is 4.39 Å². The summed E-state index contributed by atoms with van der Waals surface area (Å²) < 4.78 is 13.7. The van der Waals surface area contributed by atoms with E-state index in [-0.39, 0.29) is 11.2 Å². The molecule has 1 aliphatic heterocycles. The highest BCUT2D eigenvalue weighted by Gasteiger charge is 2.48. The predicted molar refractivity (Wildman–Crippen MR) is 86.0 cm³/mol. The van der Waals surface area contributed by atoms with E-state index in [0.717, 1.165) is 25.9 Å². The second-order valence-electron chi connectivity index (χ2n) is 7.31. The SMILES string of the molecule is CC(C)=CCN1CC[C@@]2(C)c3cc(F)ccc3C[C@@H]1[C@H]2C. The molecule has 3 rings (SSSR count). The van der Waals surface area contributed by atoms with E-state index in [1.807, 2.05) is 6.07 Å². The van der Waals surface area contributed by atoms with Gasteiger partial charge >= 0.3 is 0 Å². The Hall–Kier alpha value is -1.15. The molecule has 1 heterocycles. The van der Waals surface area contributed by atoms with Crippen molar-refractivity contribution in [2.45, 2.75) is 52.0 Å². The van der Waals surface area contributed by atoms with Crippen LogP contribution in [0.5, 0.6) is 0 Å². The van der Waals surface area contributed by atoms with Gasteiger partial charge in [-0.3, -0.25) is 4.90 Å². The minimum absolute atomic E-state index is 0.0902. The van der Waals surface area contributed by atoms with E-state index in [4.69, 9.17) is 0 Å². The van der Waals surface area contributed by atoms with Gasteiger partial charge in [-0.25, -0.2) is 4.39 Å². The van der Waals surface area contributed by atoms with Crippen LogP contribution >= 0.6 is 0 Å². The molecule has 2 bridgehead atoms. The third kappa shape index (κ3) is 2.44. The first-order valence-corrected chi connectivity index (χ1v) is 8.08. The average Bonchev–Trinajstić information content (AvgIpc) is 2.43. The van der Waals surface area contributed by atoms with Gasteiger partial charge in [0.05, 0.1) is 0 Å². The van der Waals surface area contributed by atoms with E-state index in [1.165, 1.54) is 16.7 Å². The van der Waals surface area contributed by atoms with Crippen molar-refractivity contribution in [3.8, 4) is 0 Å². The average molecular weight is 287 g/mol. The highest BCUT2D eigenvalue weighted by atomic mass is 19.1. The molecule has 0 amide bonds. The van der Waals surface area contributed by atoms with Crippen molar-refractivity contribution in [3.63, 3.8) is 0 Å². The van der Waals surface area contributed by atoms with Crippen molar-refractivity contribution < 1.29 is 4.39 Å². The number of piperidine rings is 1. The summed E-state index contributed by atoms with van der Waals surface area (Å²) in [6, 6.07) is 5.99. The number of likely N-dealkylation sites (tertiary alicyclic amines) is 1. The lowest BCUT2D eigenvalue weighted by molar-refractivity contribution is 0.0396. The monoisotopic (exact) mass is 287 g/mol. The van der Waals surface area contributed by atoms with E-state index in [1.54, 1.807) is 12.1 Å². The molecule has 0 radical (unpaired) electrons. The number of rotatable bonds is 2. The van der Waals surface area contributed by atoms with Crippen LogP contribution in [0.25, 0.3) is 0 Å². The number of nitrogens with zero attached hydrogens (tertiary/aromatic N) is 1. The number of allylic oxidation sites excluding steroid dienone is 1. The summed E-state index contributed by atoms with van der Waals surface area (Å²) in [5.74, 6) is 0.485. The Kier molecular flexibility index (Phi) is 3.69. The van der Waals surface area contributed by atoms with Crippen LogP contribution in [0.2, 0.25) is 0 Å². The predicted octanol–water partition coefficient (Wildman–Crippen LogP) is 4.32. The Morgan fingerprint density at radius 1 is 1.43 bits per heavy atom. The minimum atomic E-state index is -0.0902. The zero-order valence-corrected chi connectivity index (χ0v) is 13.6. The fourth-order valence-electron chi connectivity index (χ4n) is 4.21. The molecule has 2 heteroatoms. The van der Waals surface area contributed by atoms with E-state index in [2.05, 4.69) is 38.7 Å². The molecular weight excluding hydrogens is 261 g/mol. The number of hydrogen-bond donors (Lipinski definition) is 0. The molecule has 1 aromatic rings. The quantitative estimate of drug-likeness (QED) is 0.732. The van der Waals surface area contributed by atoms with Crippen molar-refractivity contribution in [1.29, 1.82) is 0 Å². The third-order valence-corrected chi connectivity index (χ3v) is 5.82. The van der Waals surface area contributed by atoms with Gasteiger partial charge in [-0.2, -0.15) is 0 Å². The summed E-state index contributed by atoms with van der Waals surface area (Å²) in [4.78, 5) is 2.62. The van der Waals surface area contributed by atoms with Crippen LogP contribution in [0, 0.1) is 11.7 Å². The van der Waals surface area contributed by atoms with Crippen molar-refractivity contribution >= 4 is 0 Å². The third-order valence-electron chi connectivity index (χ3n) is 5.82. The van der Waals surface area contributed by atoms with Crippen molar-refractivity contribution in [2.24, 2.45) is 5.92 Å². The standard InChI is InChI=1S/C19H26FN/c1-13(2)7-9-21-10-8-19(4)14(3)18(21)11-15-5-6-16(20)12-17(15)19/h5-7,12,14,18H,8-11H2,1-4H3/t14-,18-,19-/m1/s1. The second-order valence-corrected chi connectivity index (χ2v) is 7.31. The van der Waals surface area contributed by atoms with Crippen LogP contribution < -0.4 is 0 Å². The molecule has 0 unspecified atom stereocenters. The van der Waals surface area contributed by atoms with Gasteiger partial charge in [0.25, 0.3) is 0 Å². The molecule has 1 nitrogen and oxygen atoms in total. The first kappa shape index (κ1) is 14.8. The first-order valence-electron chi connectivity index (χ1n) is 8.08. The van der Waals surface area contributed by atoms with Crippen LogP contribution in [0.1, 0.15) is 45.2 Å². The lowest BCUT2D eigenvalue weighted by Crippen LogP contribution is -2.57. The maximum Gasteiger partial charge on any atom is 0.123 e. The summed E-state index contributed by atoms with van der Waals surface area (Å²) in [5.41, 5.74) is 4.12. The molecule has 0 aromatic heterocycles. The van der Waals surface area contributed by atoms with E-state index < -0.39 is 0 Å². The lowest BCUT2D eigenvalue weighted by atomic mass is 9.59. The highest BCUT2D eigenvalue weighted by molar-refractivity contribution is 5.40. The largest absolute Gasteiger partial charge is 0.296 e. The Morgan fingerprint density at radius 2 is 2.19 bits per heavy atom. The molecule has 0 N–H and O–H groups in total. The Bertz CT molecular complexity index is 573. The van der Waals surface area contributed by atoms with Gasteiger partial charge in [0, 0.05) is 12.6 Å². The summed E-state index contributed by atoms with van der Waals surface area (Å²) in [5, 5.41) is 0. The van der Waals surface area contributed by atoms with E-state index in [0.29, 0.717) is 12.0 Å². The fourth-order valence-corrected chi connectivity index (χ4v) is 4.21. The molecule has 0 spiro atoms. The molecule has 3 atom stereocenters. The zero-order chi connectivity index (χ0) is 15.2. The number of fused-ring (bicyclic) bond motifs is 4. The second kappa shape index (κ2) is 5.24. The van der Waals surface area contributed by atoms with Gasteiger partial charge in [0.2, 0.25) is 0 Å². The van der Waals surface area contributed by atoms with Gasteiger partial charge in [-0.05, 0) is 67.8 Å². The van der Waals surface area contributed by atoms with Crippen molar-refractivity contribution in [1.82, 2.24) is 4.90 Å². The van der Waals surface area contributed by atoms with Crippen molar-refractivity contribution in [2.75, 3.05) is 13.1 Å². The number of hydrogen-bond acceptors (Lipinski definition) is 1. The van der Waals surface area contributed by atoms with E-state index >= 15 is 0 Å². The normalized spacial score (nSPS) is 31.7. The van der Waals surface area contributed by atoms with Gasteiger partial charge in [0.15, 0.2) is 0 Å². The summed E-state index contributed by atoms with van der Waals surface area (Å²) in [6.07, 6.45) is 4.51. The molecule has 1 saturated heterocycles. The van der Waals surface area contributed by atoms with Gasteiger partial charge < -0.3 is 0 Å². The summed E-state index contributed by atoms with van der Waals surface area (Å²) in [7, 11) is 0. The van der Waals surface area contributed by atoms with Crippen molar-refractivity contribution in [3.05, 3.63) is 46.8 Å². The zero-order valence-electron chi connectivity index (χ0n) is 13.6. The summed E-state index contributed by atoms with van der Waals surface area (Å²) >= 11 is 0. The molecule has 21 heavy (non-hydrogen) atoms. The lowest BCUT2D eigenvalue weighted by Gasteiger charge is -2.54. The molecule has 1 fully saturated rings. The first-order chi connectivity index (χ1) is 9.91. The molecule has 114 valence electrons. The van der Waals surface area contributed by atoms with Crippen LogP contribution in [0.15, 0.2) is 29.8 Å². The topological polar surface area (TPSA) is 3.24 Å². The fraction of sp³-hybridized carbons (Fsp3) is 0.579. The smallest absolute Gasteiger partial charge is 0.123 e. The van der Waals surface area contributed by atoms with Gasteiger partial charge in [-0.1, -0.05) is 31.6 Å². The minimum Gasteiger partial charge on any atom is -0.296 e. The maximum atomic E-state index is 13.7. The molecule has 0 saturated carbocycles. The summed E-state index contributed by atoms with van der Waals surface area (Å²) in [6.45, 7) is 11.2. The molecule has 1 aliphatic carbocycles. The number of halogens is 1. The van der Waals surface area contributed by atoms with Gasteiger partial charge in [-0.15, -0.1) is 0 Å². The van der Waals surface area contributed by atoms with Crippen LogP contribution in [-0.2, 0) is 11.8 Å². The van der Waals surface area contributed by atoms with Gasteiger partial charge in [0.1, 0.15) is 5.82 Å². The van der Waals surface area contributed by atoms with Crippen LogP contribution in [-0.4, -0.2) is 24.0 Å². The highest BCUT2D eigenvalue weighted by Crippen LogP contribution is 2.48. The Labute approximate surface area is 127 Å². The Balaban J connectivity index is 1.96. The van der Waals surface area contributed by atoms with Crippen LogP contribution in [0.4, 0.5) is 4.39 Å². The molecule has 2 aliphatic rings. The number of benzene rings is 1.